The lowest BCUT2D eigenvalue weighted by molar-refractivity contribution is 0.608. The summed E-state index contributed by atoms with van der Waals surface area (Å²) in [6, 6.07) is 7.53. The molecular formula is C12H11N3O2S. The predicted molar refractivity (Wildman–Crippen MR) is 69.8 cm³/mol. The maximum Gasteiger partial charge on any atom is 0.256 e. The van der Waals surface area contributed by atoms with Gasteiger partial charge in [0.15, 0.2) is 5.04 Å². The Morgan fingerprint density at radius 1 is 1.22 bits per heavy atom. The largest absolute Gasteiger partial charge is 0.324 e. The van der Waals surface area contributed by atoms with E-state index in [2.05, 4.69) is 4.99 Å². The van der Waals surface area contributed by atoms with Crippen LogP contribution in [0.2, 0.25) is 0 Å². The monoisotopic (exact) mass is 261 g/mol. The van der Waals surface area contributed by atoms with Crippen LogP contribution >= 0.6 is 0 Å². The summed E-state index contributed by atoms with van der Waals surface area (Å²) in [6.45, 7) is 1.87. The van der Waals surface area contributed by atoms with Crippen molar-refractivity contribution >= 4 is 20.8 Å². The van der Waals surface area contributed by atoms with Crippen molar-refractivity contribution in [1.29, 1.82) is 0 Å². The Hall–Kier alpha value is -1.92. The number of hydrogen-bond donors (Lipinski definition) is 1. The van der Waals surface area contributed by atoms with Gasteiger partial charge in [-0.1, -0.05) is 0 Å². The Morgan fingerprint density at radius 3 is 2.50 bits per heavy atom. The lowest BCUT2D eigenvalue weighted by Gasteiger charge is -2.21. The zero-order valence-corrected chi connectivity index (χ0v) is 10.5. The summed E-state index contributed by atoms with van der Waals surface area (Å²) in [5.41, 5.74) is 3.09. The van der Waals surface area contributed by atoms with Crippen LogP contribution in [0.15, 0.2) is 41.7 Å². The van der Waals surface area contributed by atoms with E-state index in [1.807, 2.05) is 42.1 Å². The molecule has 0 saturated heterocycles. The van der Waals surface area contributed by atoms with E-state index in [1.165, 1.54) is 0 Å². The van der Waals surface area contributed by atoms with Crippen LogP contribution in [0.4, 0.5) is 5.69 Å². The summed E-state index contributed by atoms with van der Waals surface area (Å²) in [4.78, 5) is 3.93. The molecule has 0 spiro atoms. The molecule has 0 aliphatic carbocycles. The number of nitrogens with zero attached hydrogens (tertiary/aromatic N) is 2. The highest BCUT2D eigenvalue weighted by molar-refractivity contribution is 8.05. The summed E-state index contributed by atoms with van der Waals surface area (Å²) in [6.07, 6.45) is 3.81. The summed E-state index contributed by atoms with van der Waals surface area (Å²) >= 11 is 0. The zero-order valence-electron chi connectivity index (χ0n) is 9.66. The number of aromatic nitrogens is 1. The Kier molecular flexibility index (Phi) is 2.20. The van der Waals surface area contributed by atoms with Crippen molar-refractivity contribution in [3.63, 3.8) is 0 Å². The maximum atomic E-state index is 11.4. The number of hydrogen-bond acceptors (Lipinski definition) is 3. The number of benzene rings is 1. The maximum absolute atomic E-state index is 11.4. The molecule has 0 unspecified atom stereocenters. The van der Waals surface area contributed by atoms with Gasteiger partial charge in [0.1, 0.15) is 0 Å². The highest BCUT2D eigenvalue weighted by atomic mass is 32.2. The first kappa shape index (κ1) is 11.2. The molecular weight excluding hydrogens is 250 g/mol. The third-order valence-corrected chi connectivity index (χ3v) is 3.84. The van der Waals surface area contributed by atoms with Crippen LogP contribution in [0.25, 0.3) is 5.69 Å². The fraction of sp³-hybridized carbons (Fsp3) is 0.0833. The minimum Gasteiger partial charge on any atom is -0.324 e. The van der Waals surface area contributed by atoms with Gasteiger partial charge in [-0.3, -0.25) is 0 Å². The van der Waals surface area contributed by atoms with Gasteiger partial charge in [0.05, 0.1) is 5.69 Å². The zero-order chi connectivity index (χ0) is 12.9. The van der Waals surface area contributed by atoms with Crippen LogP contribution in [0.1, 0.15) is 11.1 Å². The smallest absolute Gasteiger partial charge is 0.256 e. The third kappa shape index (κ3) is 1.50. The number of primary sulfonamides is 1. The topological polar surface area (TPSA) is 77.5 Å². The minimum atomic E-state index is -3.75. The first-order valence-electron chi connectivity index (χ1n) is 5.37. The van der Waals surface area contributed by atoms with Gasteiger partial charge in [0.2, 0.25) is 0 Å². The third-order valence-electron chi connectivity index (χ3n) is 3.00. The number of fused-ring (bicyclic) bond motifs is 1. The molecule has 5 nitrogen and oxygen atoms in total. The lowest BCUT2D eigenvalue weighted by atomic mass is 10.0. The van der Waals surface area contributed by atoms with Crippen molar-refractivity contribution in [2.45, 2.75) is 6.92 Å². The standard InChI is InChI=1S/C12H11N3O2S/c1-8-10(15-6-2-3-7-15)5-4-9-11(8)12(14-9)18(13,16)17/h2-7H,1H3,(H2,13,16,17). The molecule has 0 fully saturated rings. The van der Waals surface area contributed by atoms with Crippen molar-refractivity contribution < 1.29 is 8.42 Å². The first-order chi connectivity index (χ1) is 8.48. The fourth-order valence-corrected chi connectivity index (χ4v) is 2.91. The highest BCUT2D eigenvalue weighted by Crippen LogP contribution is 2.36. The second kappa shape index (κ2) is 3.54. The van der Waals surface area contributed by atoms with Crippen LogP contribution in [0.5, 0.6) is 0 Å². The molecule has 2 heterocycles. The van der Waals surface area contributed by atoms with Gasteiger partial charge in [-0.2, -0.15) is 0 Å². The van der Waals surface area contributed by atoms with Gasteiger partial charge < -0.3 is 4.57 Å². The Bertz CT molecular complexity index is 759. The van der Waals surface area contributed by atoms with Crippen molar-refractivity contribution in [2.75, 3.05) is 0 Å². The average molecular weight is 261 g/mol. The molecule has 0 radical (unpaired) electrons. The van der Waals surface area contributed by atoms with E-state index in [1.54, 1.807) is 6.07 Å². The molecule has 1 aromatic carbocycles. The van der Waals surface area contributed by atoms with Gasteiger partial charge in [0, 0.05) is 23.6 Å². The number of rotatable bonds is 1. The van der Waals surface area contributed by atoms with Crippen LogP contribution in [0, 0.1) is 6.92 Å². The van der Waals surface area contributed by atoms with Crippen molar-refractivity contribution in [2.24, 2.45) is 10.1 Å². The van der Waals surface area contributed by atoms with E-state index >= 15 is 0 Å². The van der Waals surface area contributed by atoms with Gasteiger partial charge in [-0.05, 0) is 36.8 Å². The number of sulfonamides is 1. The van der Waals surface area contributed by atoms with E-state index in [9.17, 15) is 8.42 Å². The van der Waals surface area contributed by atoms with E-state index in [4.69, 9.17) is 5.14 Å². The lowest BCUT2D eigenvalue weighted by Crippen LogP contribution is -2.29. The predicted octanol–water partition coefficient (Wildman–Crippen LogP) is 1.47. The van der Waals surface area contributed by atoms with Gasteiger partial charge in [-0.15, -0.1) is 0 Å². The number of nitrogens with two attached hydrogens (primary N) is 1. The summed E-state index contributed by atoms with van der Waals surface area (Å²) < 4.78 is 24.7. The fourth-order valence-electron chi connectivity index (χ4n) is 2.14. The van der Waals surface area contributed by atoms with Crippen molar-refractivity contribution in [1.82, 2.24) is 4.57 Å². The molecule has 0 bridgehead atoms. The second-order valence-corrected chi connectivity index (χ2v) is 5.63. The van der Waals surface area contributed by atoms with E-state index < -0.39 is 10.0 Å². The molecule has 92 valence electrons. The van der Waals surface area contributed by atoms with Crippen LogP contribution in [-0.2, 0) is 10.0 Å². The molecule has 0 atom stereocenters. The van der Waals surface area contributed by atoms with Crippen LogP contribution in [-0.4, -0.2) is 18.0 Å². The molecule has 2 aromatic rings. The van der Waals surface area contributed by atoms with Gasteiger partial charge >= 0.3 is 0 Å². The molecule has 3 rings (SSSR count). The molecule has 0 amide bonds. The summed E-state index contributed by atoms with van der Waals surface area (Å²) in [7, 11) is -3.75. The van der Waals surface area contributed by atoms with Crippen molar-refractivity contribution in [3.05, 3.63) is 47.8 Å². The summed E-state index contributed by atoms with van der Waals surface area (Å²) in [5.74, 6) is 0. The van der Waals surface area contributed by atoms with Crippen LogP contribution in [0.3, 0.4) is 0 Å². The SMILES string of the molecule is Cc1c(-n2cccc2)ccc2c1C(S(N)(=O)=O)=N2. The minimum absolute atomic E-state index is 0.0241. The van der Waals surface area contributed by atoms with E-state index in [0.717, 1.165) is 11.3 Å². The molecule has 6 heteroatoms. The Labute approximate surface area is 105 Å². The Morgan fingerprint density at radius 2 is 1.89 bits per heavy atom. The average Bonchev–Trinajstić information content (AvgIpc) is 2.71. The van der Waals surface area contributed by atoms with Crippen molar-refractivity contribution in [3.8, 4) is 5.69 Å². The Balaban J connectivity index is 2.19. The normalized spacial score (nSPS) is 13.8. The molecule has 1 aliphatic heterocycles. The molecule has 18 heavy (non-hydrogen) atoms. The molecule has 0 saturated carbocycles. The highest BCUT2D eigenvalue weighted by Gasteiger charge is 2.30. The van der Waals surface area contributed by atoms with Gasteiger partial charge in [0.25, 0.3) is 10.0 Å². The van der Waals surface area contributed by atoms with Gasteiger partial charge in [-0.25, -0.2) is 18.5 Å². The van der Waals surface area contributed by atoms with Crippen LogP contribution < -0.4 is 5.14 Å². The van der Waals surface area contributed by atoms with E-state index in [-0.39, 0.29) is 5.04 Å². The quantitative estimate of drug-likeness (QED) is 0.843. The molecule has 1 aromatic heterocycles. The first-order valence-corrected chi connectivity index (χ1v) is 6.92. The summed E-state index contributed by atoms with van der Waals surface area (Å²) in [5, 5.41) is 5.10. The second-order valence-electron chi connectivity index (χ2n) is 4.16. The number of aliphatic imine (C=N–C) groups is 1. The van der Waals surface area contributed by atoms with E-state index in [0.29, 0.717) is 11.3 Å². The molecule has 2 N–H and O–H groups in total. The molecule has 1 aliphatic rings.